The fraction of sp³-hybridized carbons (Fsp3) is 0.538. The van der Waals surface area contributed by atoms with E-state index in [9.17, 15) is 9.00 Å². The second-order valence-electron chi connectivity index (χ2n) is 4.68. The van der Waals surface area contributed by atoms with Gasteiger partial charge in [0.25, 0.3) is 5.91 Å². The zero-order chi connectivity index (χ0) is 14.5. The van der Waals surface area contributed by atoms with Crippen molar-refractivity contribution in [1.82, 2.24) is 10.3 Å². The Labute approximate surface area is 126 Å². The first kappa shape index (κ1) is 15.3. The van der Waals surface area contributed by atoms with Crippen LogP contribution < -0.4 is 10.6 Å². The van der Waals surface area contributed by atoms with Crippen LogP contribution in [0.5, 0.6) is 0 Å². The summed E-state index contributed by atoms with van der Waals surface area (Å²) in [6, 6.07) is 1.70. The molecule has 110 valence electrons. The van der Waals surface area contributed by atoms with Gasteiger partial charge in [-0.05, 0) is 25.8 Å². The van der Waals surface area contributed by atoms with Crippen molar-refractivity contribution in [3.05, 3.63) is 22.8 Å². The van der Waals surface area contributed by atoms with Crippen LogP contribution in [0.3, 0.4) is 0 Å². The molecule has 1 aliphatic heterocycles. The fourth-order valence-electron chi connectivity index (χ4n) is 2.07. The maximum atomic E-state index is 12.1. The largest absolute Gasteiger partial charge is 0.369 e. The molecule has 0 unspecified atom stereocenters. The number of rotatable bonds is 4. The minimum absolute atomic E-state index is 0.0902. The number of halogens is 1. The summed E-state index contributed by atoms with van der Waals surface area (Å²) in [6.45, 7) is 2.67. The Balaban J connectivity index is 1.98. The number of carbonyl (C=O) groups is 1. The summed E-state index contributed by atoms with van der Waals surface area (Å²) in [5.41, 5.74) is 0.448. The molecule has 0 saturated carbocycles. The van der Waals surface area contributed by atoms with Crippen LogP contribution in [-0.2, 0) is 10.8 Å². The number of anilines is 1. The van der Waals surface area contributed by atoms with Crippen molar-refractivity contribution in [3.63, 3.8) is 0 Å². The van der Waals surface area contributed by atoms with Crippen LogP contribution >= 0.6 is 11.6 Å². The second-order valence-corrected chi connectivity index (χ2v) is 6.78. The van der Waals surface area contributed by atoms with Crippen molar-refractivity contribution in [2.75, 3.05) is 23.4 Å². The number of hydrogen-bond donors (Lipinski definition) is 2. The highest BCUT2D eigenvalue weighted by Crippen LogP contribution is 2.20. The molecule has 20 heavy (non-hydrogen) atoms. The van der Waals surface area contributed by atoms with E-state index in [0.29, 0.717) is 27.9 Å². The maximum absolute atomic E-state index is 12.1. The fourth-order valence-corrected chi connectivity index (χ4v) is 3.60. The molecule has 0 spiro atoms. The van der Waals surface area contributed by atoms with E-state index in [1.807, 2.05) is 6.92 Å². The van der Waals surface area contributed by atoms with Crippen molar-refractivity contribution in [2.24, 2.45) is 0 Å². The smallest absolute Gasteiger partial charge is 0.253 e. The first-order valence-electron chi connectivity index (χ1n) is 6.65. The third-order valence-electron chi connectivity index (χ3n) is 3.17. The van der Waals surface area contributed by atoms with Crippen LogP contribution in [0.2, 0.25) is 5.02 Å². The first-order chi connectivity index (χ1) is 9.60. The Bertz CT molecular complexity index is 514. The van der Waals surface area contributed by atoms with Gasteiger partial charge < -0.3 is 10.6 Å². The van der Waals surface area contributed by atoms with Gasteiger partial charge >= 0.3 is 0 Å². The van der Waals surface area contributed by atoms with Crippen molar-refractivity contribution in [2.45, 2.75) is 25.8 Å². The SMILES string of the molecule is CCNc1ncc(C(=O)NC2CCS(=O)CC2)cc1Cl. The predicted molar refractivity (Wildman–Crippen MR) is 81.8 cm³/mol. The van der Waals surface area contributed by atoms with E-state index in [4.69, 9.17) is 11.6 Å². The zero-order valence-corrected chi connectivity index (χ0v) is 12.9. The highest BCUT2D eigenvalue weighted by atomic mass is 35.5. The van der Waals surface area contributed by atoms with Gasteiger partial charge in [0.15, 0.2) is 0 Å². The molecule has 0 aromatic carbocycles. The molecule has 1 amide bonds. The number of aromatic nitrogens is 1. The summed E-state index contributed by atoms with van der Waals surface area (Å²) in [5.74, 6) is 1.71. The van der Waals surface area contributed by atoms with E-state index >= 15 is 0 Å². The Hall–Kier alpha value is -1.14. The number of nitrogens with one attached hydrogen (secondary N) is 2. The summed E-state index contributed by atoms with van der Waals surface area (Å²) < 4.78 is 11.3. The summed E-state index contributed by atoms with van der Waals surface area (Å²) in [7, 11) is -0.722. The molecule has 5 nitrogen and oxygen atoms in total. The summed E-state index contributed by atoms with van der Waals surface area (Å²) >= 11 is 6.07. The molecular formula is C13H18ClN3O2S. The van der Waals surface area contributed by atoms with Crippen molar-refractivity contribution < 1.29 is 9.00 Å². The summed E-state index contributed by atoms with van der Waals surface area (Å²) in [5, 5.41) is 6.40. The third kappa shape index (κ3) is 3.93. The lowest BCUT2D eigenvalue weighted by Gasteiger charge is -2.22. The molecule has 0 atom stereocenters. The van der Waals surface area contributed by atoms with Crippen molar-refractivity contribution in [1.29, 1.82) is 0 Å². The van der Waals surface area contributed by atoms with Crippen LogP contribution in [0.1, 0.15) is 30.1 Å². The van der Waals surface area contributed by atoms with Gasteiger partial charge in [-0.1, -0.05) is 11.6 Å². The summed E-state index contributed by atoms with van der Waals surface area (Å²) in [4.78, 5) is 16.3. The quantitative estimate of drug-likeness (QED) is 0.889. The van der Waals surface area contributed by atoms with Crippen molar-refractivity contribution >= 4 is 34.1 Å². The second kappa shape index (κ2) is 7.04. The molecule has 1 saturated heterocycles. The van der Waals surface area contributed by atoms with Gasteiger partial charge in [-0.15, -0.1) is 0 Å². The molecule has 7 heteroatoms. The molecule has 1 aromatic heterocycles. The van der Waals surface area contributed by atoms with Gasteiger partial charge in [0, 0.05) is 41.1 Å². The molecule has 2 heterocycles. The number of carbonyl (C=O) groups excluding carboxylic acids is 1. The molecule has 0 radical (unpaired) electrons. The highest BCUT2D eigenvalue weighted by Gasteiger charge is 2.20. The summed E-state index contributed by atoms with van der Waals surface area (Å²) in [6.07, 6.45) is 3.03. The maximum Gasteiger partial charge on any atom is 0.253 e. The number of hydrogen-bond acceptors (Lipinski definition) is 4. The highest BCUT2D eigenvalue weighted by molar-refractivity contribution is 7.85. The van der Waals surface area contributed by atoms with Gasteiger partial charge in [0.1, 0.15) is 5.82 Å². The predicted octanol–water partition coefficient (Wildman–Crippen LogP) is 1.81. The Morgan fingerprint density at radius 3 is 2.80 bits per heavy atom. The lowest BCUT2D eigenvalue weighted by atomic mass is 10.1. The molecule has 0 aliphatic carbocycles. The van der Waals surface area contributed by atoms with Gasteiger partial charge in [0.2, 0.25) is 0 Å². The molecule has 1 fully saturated rings. The normalized spacial score (nSPS) is 22.3. The minimum Gasteiger partial charge on any atom is -0.369 e. The Morgan fingerprint density at radius 2 is 2.20 bits per heavy atom. The van der Waals surface area contributed by atoms with E-state index in [1.165, 1.54) is 6.20 Å². The monoisotopic (exact) mass is 315 g/mol. The zero-order valence-electron chi connectivity index (χ0n) is 11.3. The van der Waals surface area contributed by atoms with Crippen LogP contribution in [-0.4, -0.2) is 39.2 Å². The van der Waals surface area contributed by atoms with Crippen LogP contribution in [0.25, 0.3) is 0 Å². The van der Waals surface area contributed by atoms with Gasteiger partial charge in [-0.25, -0.2) is 4.98 Å². The average Bonchev–Trinajstić information content (AvgIpc) is 2.44. The average molecular weight is 316 g/mol. The van der Waals surface area contributed by atoms with Crippen molar-refractivity contribution in [3.8, 4) is 0 Å². The van der Waals surface area contributed by atoms with Crippen LogP contribution in [0.15, 0.2) is 12.3 Å². The van der Waals surface area contributed by atoms with E-state index in [0.717, 1.165) is 19.4 Å². The number of pyridine rings is 1. The van der Waals surface area contributed by atoms with Crippen LogP contribution in [0, 0.1) is 0 Å². The van der Waals surface area contributed by atoms with E-state index in [1.54, 1.807) is 6.07 Å². The topological polar surface area (TPSA) is 71.1 Å². The minimum atomic E-state index is -0.722. The lowest BCUT2D eigenvalue weighted by Crippen LogP contribution is -2.39. The molecule has 1 aromatic rings. The van der Waals surface area contributed by atoms with E-state index in [2.05, 4.69) is 15.6 Å². The standard InChI is InChI=1S/C13H18ClN3O2S/c1-2-15-12-11(14)7-9(8-16-12)13(18)17-10-3-5-20(19)6-4-10/h7-8,10H,2-6H2,1H3,(H,15,16)(H,17,18). The molecule has 1 aliphatic rings. The Kier molecular flexibility index (Phi) is 5.37. The van der Waals surface area contributed by atoms with Crippen LogP contribution in [0.4, 0.5) is 5.82 Å². The lowest BCUT2D eigenvalue weighted by molar-refractivity contribution is 0.0934. The van der Waals surface area contributed by atoms with Gasteiger partial charge in [-0.3, -0.25) is 9.00 Å². The molecule has 2 rings (SSSR count). The Morgan fingerprint density at radius 1 is 1.50 bits per heavy atom. The number of amides is 1. The van der Waals surface area contributed by atoms with Gasteiger partial charge in [0.05, 0.1) is 10.6 Å². The van der Waals surface area contributed by atoms with E-state index < -0.39 is 10.8 Å². The molecule has 0 bridgehead atoms. The first-order valence-corrected chi connectivity index (χ1v) is 8.52. The number of nitrogens with zero attached hydrogens (tertiary/aromatic N) is 1. The molecule has 2 N–H and O–H groups in total. The van der Waals surface area contributed by atoms with E-state index in [-0.39, 0.29) is 11.9 Å². The molecular weight excluding hydrogens is 298 g/mol. The third-order valence-corrected chi connectivity index (χ3v) is 4.84. The van der Waals surface area contributed by atoms with Gasteiger partial charge in [-0.2, -0.15) is 0 Å².